The van der Waals surface area contributed by atoms with Crippen LogP contribution >= 0.6 is 0 Å². The van der Waals surface area contributed by atoms with E-state index in [0.717, 1.165) is 43.9 Å². The Hall–Kier alpha value is -1.01. The molecule has 112 valence electrons. The van der Waals surface area contributed by atoms with Crippen LogP contribution in [-0.2, 0) is 9.84 Å². The van der Waals surface area contributed by atoms with Gasteiger partial charge in [-0.25, -0.2) is 17.2 Å². The van der Waals surface area contributed by atoms with Gasteiger partial charge in [0.2, 0.25) is 0 Å². The van der Waals surface area contributed by atoms with Gasteiger partial charge in [-0.2, -0.15) is 0 Å². The van der Waals surface area contributed by atoms with Crippen LogP contribution in [0.2, 0.25) is 0 Å². The fourth-order valence-electron chi connectivity index (χ4n) is 2.72. The summed E-state index contributed by atoms with van der Waals surface area (Å²) in [5.74, 6) is -1.68. The third-order valence-corrected chi connectivity index (χ3v) is 6.16. The highest BCUT2D eigenvalue weighted by Gasteiger charge is 2.34. The van der Waals surface area contributed by atoms with E-state index in [0.29, 0.717) is 12.8 Å². The fourth-order valence-corrected chi connectivity index (χ4v) is 4.74. The molecule has 6 heteroatoms. The molecule has 2 rings (SSSR count). The summed E-state index contributed by atoms with van der Waals surface area (Å²) in [6.07, 6.45) is 4.60. The molecule has 0 heterocycles. The summed E-state index contributed by atoms with van der Waals surface area (Å²) in [7, 11) is -3.94. The lowest BCUT2D eigenvalue weighted by Crippen LogP contribution is -2.41. The first-order valence-corrected chi connectivity index (χ1v) is 8.42. The van der Waals surface area contributed by atoms with Gasteiger partial charge in [0.25, 0.3) is 0 Å². The summed E-state index contributed by atoms with van der Waals surface area (Å²) in [6, 6.07) is 1.97. The highest BCUT2D eigenvalue weighted by Crippen LogP contribution is 2.28. The van der Waals surface area contributed by atoms with E-state index >= 15 is 0 Å². The molecule has 0 bridgehead atoms. The minimum Gasteiger partial charge on any atom is -0.327 e. The molecular formula is C14H19F2NO2S. The van der Waals surface area contributed by atoms with Gasteiger partial charge in [-0.3, -0.25) is 0 Å². The third kappa shape index (κ3) is 3.17. The largest absolute Gasteiger partial charge is 0.327 e. The van der Waals surface area contributed by atoms with Gasteiger partial charge in [0.05, 0.1) is 5.25 Å². The normalized spacial score (nSPS) is 24.9. The van der Waals surface area contributed by atoms with Crippen LogP contribution in [0.4, 0.5) is 8.78 Å². The standard InChI is InChI=1S/C14H19F2NO2S/c15-10-7-8-11(16)14(9-10)20(18,19)13-6-4-2-1-3-5-12(13)17/h7-9,12-13H,1-6,17H2. The molecule has 0 aromatic heterocycles. The van der Waals surface area contributed by atoms with Crippen molar-refractivity contribution >= 4 is 9.84 Å². The van der Waals surface area contributed by atoms with Crippen LogP contribution < -0.4 is 5.73 Å². The van der Waals surface area contributed by atoms with Crippen molar-refractivity contribution in [1.82, 2.24) is 0 Å². The number of benzene rings is 1. The average Bonchev–Trinajstić information content (AvgIpc) is 2.36. The maximum atomic E-state index is 13.7. The molecule has 1 aliphatic carbocycles. The van der Waals surface area contributed by atoms with E-state index in [-0.39, 0.29) is 0 Å². The van der Waals surface area contributed by atoms with Gasteiger partial charge in [0, 0.05) is 6.04 Å². The van der Waals surface area contributed by atoms with Gasteiger partial charge in [-0.15, -0.1) is 0 Å². The van der Waals surface area contributed by atoms with Crippen LogP contribution in [-0.4, -0.2) is 19.7 Å². The Balaban J connectivity index is 2.39. The number of halogens is 2. The van der Waals surface area contributed by atoms with Gasteiger partial charge in [-0.05, 0) is 31.0 Å². The quantitative estimate of drug-likeness (QED) is 0.914. The lowest BCUT2D eigenvalue weighted by atomic mass is 9.97. The van der Waals surface area contributed by atoms with Crippen molar-refractivity contribution in [3.63, 3.8) is 0 Å². The second-order valence-electron chi connectivity index (χ2n) is 5.31. The van der Waals surface area contributed by atoms with Crippen molar-refractivity contribution in [2.75, 3.05) is 0 Å². The summed E-state index contributed by atoms with van der Waals surface area (Å²) in [5, 5.41) is -0.834. The Morgan fingerprint density at radius 2 is 1.70 bits per heavy atom. The van der Waals surface area contributed by atoms with Crippen molar-refractivity contribution in [2.45, 2.75) is 54.7 Å². The number of nitrogens with two attached hydrogens (primary N) is 1. The maximum Gasteiger partial charge on any atom is 0.185 e. The van der Waals surface area contributed by atoms with E-state index in [9.17, 15) is 17.2 Å². The molecule has 2 atom stereocenters. The third-order valence-electron chi connectivity index (χ3n) is 3.85. The molecular weight excluding hydrogens is 284 g/mol. The molecule has 20 heavy (non-hydrogen) atoms. The lowest BCUT2D eigenvalue weighted by molar-refractivity contribution is 0.441. The molecule has 0 amide bonds. The van der Waals surface area contributed by atoms with E-state index in [2.05, 4.69) is 0 Å². The monoisotopic (exact) mass is 303 g/mol. The van der Waals surface area contributed by atoms with E-state index in [1.54, 1.807) is 0 Å². The molecule has 1 saturated carbocycles. The Labute approximate surface area is 118 Å². The fraction of sp³-hybridized carbons (Fsp3) is 0.571. The number of hydrogen-bond donors (Lipinski definition) is 1. The topological polar surface area (TPSA) is 60.2 Å². The zero-order valence-corrected chi connectivity index (χ0v) is 12.0. The molecule has 0 spiro atoms. The van der Waals surface area contributed by atoms with Gasteiger partial charge in [0.15, 0.2) is 9.84 Å². The molecule has 1 aliphatic rings. The second-order valence-corrected chi connectivity index (χ2v) is 7.45. The highest BCUT2D eigenvalue weighted by molar-refractivity contribution is 7.92. The number of rotatable bonds is 2. The van der Waals surface area contributed by atoms with E-state index in [1.807, 2.05) is 0 Å². The van der Waals surface area contributed by atoms with Gasteiger partial charge in [0.1, 0.15) is 16.5 Å². The van der Waals surface area contributed by atoms with E-state index in [1.165, 1.54) is 0 Å². The summed E-state index contributed by atoms with van der Waals surface area (Å²) >= 11 is 0. The predicted octanol–water partition coefficient (Wildman–Crippen LogP) is 2.79. The molecule has 2 N–H and O–H groups in total. The van der Waals surface area contributed by atoms with E-state index in [4.69, 9.17) is 5.73 Å². The first-order valence-electron chi connectivity index (χ1n) is 6.87. The van der Waals surface area contributed by atoms with Gasteiger partial charge < -0.3 is 5.73 Å². The van der Waals surface area contributed by atoms with Crippen LogP contribution in [0, 0.1) is 11.6 Å². The summed E-state index contributed by atoms with van der Waals surface area (Å²) in [4.78, 5) is -0.571. The van der Waals surface area contributed by atoms with Crippen LogP contribution in [0.3, 0.4) is 0 Å². The SMILES string of the molecule is NC1CCCCCCC1S(=O)(=O)c1cc(F)ccc1F. The second kappa shape index (κ2) is 6.18. The Bertz CT molecular complexity index is 575. The number of hydrogen-bond acceptors (Lipinski definition) is 3. The average molecular weight is 303 g/mol. The molecule has 0 aliphatic heterocycles. The maximum absolute atomic E-state index is 13.7. The molecule has 3 nitrogen and oxygen atoms in total. The molecule has 0 radical (unpaired) electrons. The van der Waals surface area contributed by atoms with Crippen LogP contribution in [0.25, 0.3) is 0 Å². The zero-order valence-electron chi connectivity index (χ0n) is 11.2. The zero-order chi connectivity index (χ0) is 14.8. The highest BCUT2D eigenvalue weighted by atomic mass is 32.2. The van der Waals surface area contributed by atoms with Crippen LogP contribution in [0.1, 0.15) is 38.5 Å². The Morgan fingerprint density at radius 3 is 2.40 bits per heavy atom. The summed E-state index contributed by atoms with van der Waals surface area (Å²) in [6.45, 7) is 0. The summed E-state index contributed by atoms with van der Waals surface area (Å²) in [5.41, 5.74) is 5.96. The molecule has 1 fully saturated rings. The molecule has 0 saturated heterocycles. The van der Waals surface area contributed by atoms with Crippen molar-refractivity contribution in [1.29, 1.82) is 0 Å². The summed E-state index contributed by atoms with van der Waals surface area (Å²) < 4.78 is 52.1. The molecule has 1 aromatic carbocycles. The van der Waals surface area contributed by atoms with Crippen molar-refractivity contribution in [2.24, 2.45) is 5.73 Å². The Kier molecular flexibility index (Phi) is 4.75. The smallest absolute Gasteiger partial charge is 0.185 e. The lowest BCUT2D eigenvalue weighted by Gasteiger charge is -2.26. The van der Waals surface area contributed by atoms with Gasteiger partial charge >= 0.3 is 0 Å². The first-order chi connectivity index (χ1) is 9.43. The molecule has 1 aromatic rings. The Morgan fingerprint density at radius 1 is 1.05 bits per heavy atom. The molecule has 2 unspecified atom stereocenters. The van der Waals surface area contributed by atoms with Gasteiger partial charge in [-0.1, -0.05) is 25.7 Å². The predicted molar refractivity (Wildman–Crippen MR) is 73.0 cm³/mol. The van der Waals surface area contributed by atoms with Crippen molar-refractivity contribution in [3.8, 4) is 0 Å². The number of sulfone groups is 1. The van der Waals surface area contributed by atoms with Crippen LogP contribution in [0.15, 0.2) is 23.1 Å². The van der Waals surface area contributed by atoms with Crippen molar-refractivity contribution in [3.05, 3.63) is 29.8 Å². The first kappa shape index (κ1) is 15.4. The van der Waals surface area contributed by atoms with Crippen LogP contribution in [0.5, 0.6) is 0 Å². The minimum absolute atomic E-state index is 0.402. The van der Waals surface area contributed by atoms with E-state index < -0.39 is 37.7 Å². The van der Waals surface area contributed by atoms with Crippen molar-refractivity contribution < 1.29 is 17.2 Å². The minimum atomic E-state index is -3.94.